The van der Waals surface area contributed by atoms with Gasteiger partial charge >= 0.3 is 6.18 Å². The summed E-state index contributed by atoms with van der Waals surface area (Å²) in [4.78, 5) is 0. The first-order valence-corrected chi connectivity index (χ1v) is 5.95. The number of ether oxygens (including phenoxy) is 1. The van der Waals surface area contributed by atoms with E-state index in [0.29, 0.717) is 5.75 Å². The fourth-order valence-electron chi connectivity index (χ4n) is 1.58. The molecule has 5 heteroatoms. The second kappa shape index (κ2) is 6.64. The number of alkyl halides is 3. The molecule has 0 aliphatic rings. The van der Waals surface area contributed by atoms with Crippen molar-refractivity contribution in [1.82, 2.24) is 5.32 Å². The minimum Gasteiger partial charge on any atom is -0.493 e. The predicted molar refractivity (Wildman–Crippen MR) is 64.7 cm³/mol. The van der Waals surface area contributed by atoms with Crippen molar-refractivity contribution in [3.63, 3.8) is 0 Å². The van der Waals surface area contributed by atoms with Crippen LogP contribution in [0.3, 0.4) is 0 Å². The fraction of sp³-hybridized carbons (Fsp3) is 0.538. The lowest BCUT2D eigenvalue weighted by atomic mass is 10.1. The third-order valence-electron chi connectivity index (χ3n) is 2.52. The van der Waals surface area contributed by atoms with E-state index in [1.807, 2.05) is 19.9 Å². The molecule has 0 spiro atoms. The van der Waals surface area contributed by atoms with Crippen LogP contribution in [0.2, 0.25) is 0 Å². The summed E-state index contributed by atoms with van der Waals surface area (Å²) in [5.74, 6) is 0.474. The van der Waals surface area contributed by atoms with E-state index >= 15 is 0 Å². The summed E-state index contributed by atoms with van der Waals surface area (Å²) in [5, 5.41) is 3.23. The smallest absolute Gasteiger partial charge is 0.392 e. The van der Waals surface area contributed by atoms with Gasteiger partial charge in [-0.1, -0.05) is 19.1 Å². The lowest BCUT2D eigenvalue weighted by molar-refractivity contribution is -0.139. The molecule has 0 saturated carbocycles. The summed E-state index contributed by atoms with van der Waals surface area (Å²) in [5.41, 5.74) is 1.00. The maximum Gasteiger partial charge on any atom is 0.392 e. The highest BCUT2D eigenvalue weighted by Crippen LogP contribution is 2.22. The van der Waals surface area contributed by atoms with Gasteiger partial charge in [0.1, 0.15) is 5.75 Å². The number of benzene rings is 1. The molecule has 1 rings (SSSR count). The van der Waals surface area contributed by atoms with Crippen LogP contribution in [-0.4, -0.2) is 19.3 Å². The summed E-state index contributed by atoms with van der Waals surface area (Å²) >= 11 is 0. The molecule has 0 aliphatic heterocycles. The molecule has 1 N–H and O–H groups in total. The van der Waals surface area contributed by atoms with E-state index in [9.17, 15) is 13.2 Å². The van der Waals surface area contributed by atoms with E-state index in [4.69, 9.17) is 4.74 Å². The second-order valence-corrected chi connectivity index (χ2v) is 4.07. The maximum atomic E-state index is 12.0. The van der Waals surface area contributed by atoms with Crippen LogP contribution in [0.25, 0.3) is 0 Å². The summed E-state index contributed by atoms with van der Waals surface area (Å²) in [7, 11) is 0. The van der Waals surface area contributed by atoms with Crippen LogP contribution in [0.4, 0.5) is 13.2 Å². The lowest BCUT2D eigenvalue weighted by Gasteiger charge is -2.14. The average molecular weight is 261 g/mol. The number of hydrogen-bond acceptors (Lipinski definition) is 2. The molecule has 2 nitrogen and oxygen atoms in total. The van der Waals surface area contributed by atoms with Crippen LogP contribution < -0.4 is 10.1 Å². The molecule has 0 bridgehead atoms. The van der Waals surface area contributed by atoms with Crippen molar-refractivity contribution in [3.8, 4) is 5.75 Å². The van der Waals surface area contributed by atoms with Crippen molar-refractivity contribution in [2.45, 2.75) is 32.5 Å². The standard InChI is InChI=1S/C13H18F3NO/c1-3-17-10(2)11-5-4-6-12(9-11)18-8-7-13(14,15)16/h4-6,9-10,17H,3,7-8H2,1-2H3. The van der Waals surface area contributed by atoms with Crippen LogP contribution in [-0.2, 0) is 0 Å². The molecule has 0 fully saturated rings. The van der Waals surface area contributed by atoms with Gasteiger partial charge in [-0.3, -0.25) is 0 Å². The van der Waals surface area contributed by atoms with Crippen molar-refractivity contribution >= 4 is 0 Å². The van der Waals surface area contributed by atoms with E-state index in [0.717, 1.165) is 12.1 Å². The molecule has 0 saturated heterocycles. The zero-order chi connectivity index (χ0) is 13.6. The van der Waals surface area contributed by atoms with Crippen molar-refractivity contribution in [3.05, 3.63) is 29.8 Å². The van der Waals surface area contributed by atoms with Crippen LogP contribution in [0.1, 0.15) is 31.9 Å². The fourth-order valence-corrected chi connectivity index (χ4v) is 1.58. The molecule has 0 aliphatic carbocycles. The third kappa shape index (κ3) is 5.40. The van der Waals surface area contributed by atoms with Gasteiger partial charge in [0.15, 0.2) is 0 Å². The Morgan fingerprint density at radius 2 is 2.06 bits per heavy atom. The minimum atomic E-state index is -4.17. The SMILES string of the molecule is CCNC(C)c1cccc(OCCC(F)(F)F)c1. The quantitative estimate of drug-likeness (QED) is 0.843. The first kappa shape index (κ1) is 14.8. The molecule has 102 valence electrons. The summed E-state index contributed by atoms with van der Waals surface area (Å²) in [6, 6.07) is 7.29. The Balaban J connectivity index is 2.54. The zero-order valence-electron chi connectivity index (χ0n) is 10.6. The summed E-state index contributed by atoms with van der Waals surface area (Å²) in [6.45, 7) is 4.49. The Hall–Kier alpha value is -1.23. The van der Waals surface area contributed by atoms with Gasteiger partial charge in [0.05, 0.1) is 13.0 Å². The maximum absolute atomic E-state index is 12.0. The van der Waals surface area contributed by atoms with Gasteiger partial charge in [-0.25, -0.2) is 0 Å². The first-order chi connectivity index (χ1) is 8.42. The van der Waals surface area contributed by atoms with Crippen LogP contribution in [0.15, 0.2) is 24.3 Å². The normalized spacial score (nSPS) is 13.4. The number of rotatable bonds is 6. The van der Waals surface area contributed by atoms with Crippen molar-refractivity contribution in [1.29, 1.82) is 0 Å². The predicted octanol–water partition coefficient (Wildman–Crippen LogP) is 3.69. The first-order valence-electron chi connectivity index (χ1n) is 5.95. The molecule has 1 unspecified atom stereocenters. The van der Waals surface area contributed by atoms with E-state index < -0.39 is 12.6 Å². The van der Waals surface area contributed by atoms with E-state index in [2.05, 4.69) is 5.32 Å². The molecule has 18 heavy (non-hydrogen) atoms. The molecule has 0 heterocycles. The van der Waals surface area contributed by atoms with Gasteiger partial charge in [-0.2, -0.15) is 13.2 Å². The molecule has 0 amide bonds. The molecule has 0 radical (unpaired) electrons. The van der Waals surface area contributed by atoms with Gasteiger partial charge < -0.3 is 10.1 Å². The number of halogens is 3. The molecular weight excluding hydrogens is 243 g/mol. The second-order valence-electron chi connectivity index (χ2n) is 4.07. The Morgan fingerprint density at radius 3 is 2.67 bits per heavy atom. The Kier molecular flexibility index (Phi) is 5.47. The van der Waals surface area contributed by atoms with Crippen LogP contribution >= 0.6 is 0 Å². The molecule has 1 atom stereocenters. The largest absolute Gasteiger partial charge is 0.493 e. The minimum absolute atomic E-state index is 0.154. The van der Waals surface area contributed by atoms with Crippen molar-refractivity contribution in [2.75, 3.05) is 13.2 Å². The molecule has 1 aromatic carbocycles. The highest BCUT2D eigenvalue weighted by Gasteiger charge is 2.26. The van der Waals surface area contributed by atoms with Gasteiger partial charge in [0.25, 0.3) is 0 Å². The van der Waals surface area contributed by atoms with Crippen LogP contribution in [0.5, 0.6) is 5.75 Å². The highest BCUT2D eigenvalue weighted by molar-refractivity contribution is 5.30. The average Bonchev–Trinajstić information content (AvgIpc) is 2.28. The van der Waals surface area contributed by atoms with E-state index in [1.165, 1.54) is 0 Å². The monoisotopic (exact) mass is 261 g/mol. The molecule has 1 aromatic rings. The lowest BCUT2D eigenvalue weighted by Crippen LogP contribution is -2.17. The van der Waals surface area contributed by atoms with Gasteiger partial charge in [0.2, 0.25) is 0 Å². The van der Waals surface area contributed by atoms with E-state index in [1.54, 1.807) is 18.2 Å². The zero-order valence-corrected chi connectivity index (χ0v) is 10.6. The van der Waals surface area contributed by atoms with E-state index in [-0.39, 0.29) is 12.6 Å². The Labute approximate surface area is 105 Å². The third-order valence-corrected chi connectivity index (χ3v) is 2.52. The summed E-state index contributed by atoms with van der Waals surface area (Å²) < 4.78 is 41.0. The molecule has 0 aromatic heterocycles. The Morgan fingerprint density at radius 1 is 1.33 bits per heavy atom. The Bertz CT molecular complexity index is 365. The van der Waals surface area contributed by atoms with Gasteiger partial charge in [-0.05, 0) is 31.2 Å². The number of nitrogens with one attached hydrogen (secondary N) is 1. The van der Waals surface area contributed by atoms with Gasteiger partial charge in [0, 0.05) is 6.04 Å². The van der Waals surface area contributed by atoms with Gasteiger partial charge in [-0.15, -0.1) is 0 Å². The number of hydrogen-bond donors (Lipinski definition) is 1. The van der Waals surface area contributed by atoms with Crippen LogP contribution in [0, 0.1) is 0 Å². The van der Waals surface area contributed by atoms with Crippen molar-refractivity contribution in [2.24, 2.45) is 0 Å². The molecular formula is C13H18F3NO. The highest BCUT2D eigenvalue weighted by atomic mass is 19.4. The topological polar surface area (TPSA) is 21.3 Å². The van der Waals surface area contributed by atoms with Crippen molar-refractivity contribution < 1.29 is 17.9 Å². The summed E-state index contributed by atoms with van der Waals surface area (Å²) in [6.07, 6.45) is -5.10.